The van der Waals surface area contributed by atoms with Crippen molar-refractivity contribution in [2.24, 2.45) is 0 Å². The molecule has 0 saturated carbocycles. The SMILES string of the molecule is COc1cccc2c1Oc1[nH]c(-c3ccc(C(=O)O)cc3)nc(=S)c1C2. The van der Waals surface area contributed by atoms with Crippen LogP contribution in [0.15, 0.2) is 42.5 Å². The number of fused-ring (bicyclic) bond motifs is 2. The van der Waals surface area contributed by atoms with Crippen molar-refractivity contribution in [2.75, 3.05) is 7.11 Å². The van der Waals surface area contributed by atoms with Crippen LogP contribution in [0.3, 0.4) is 0 Å². The largest absolute Gasteiger partial charge is 0.493 e. The number of carboxylic acids is 1. The van der Waals surface area contributed by atoms with E-state index in [1.807, 2.05) is 18.2 Å². The molecule has 130 valence electrons. The van der Waals surface area contributed by atoms with Gasteiger partial charge in [-0.05, 0) is 18.2 Å². The summed E-state index contributed by atoms with van der Waals surface area (Å²) in [6, 6.07) is 12.1. The van der Waals surface area contributed by atoms with Crippen LogP contribution in [0.2, 0.25) is 0 Å². The van der Waals surface area contributed by atoms with E-state index in [9.17, 15) is 4.79 Å². The van der Waals surface area contributed by atoms with Gasteiger partial charge in [0, 0.05) is 17.5 Å². The number of benzene rings is 2. The first-order chi connectivity index (χ1) is 12.6. The highest BCUT2D eigenvalue weighted by Crippen LogP contribution is 2.41. The molecule has 0 radical (unpaired) electrons. The predicted molar refractivity (Wildman–Crippen MR) is 97.7 cm³/mol. The Kier molecular flexibility index (Phi) is 3.93. The second-order valence-corrected chi connectivity index (χ2v) is 6.19. The molecule has 1 aliphatic rings. The van der Waals surface area contributed by atoms with E-state index in [4.69, 9.17) is 26.8 Å². The quantitative estimate of drug-likeness (QED) is 0.529. The molecule has 2 heterocycles. The fraction of sp³-hybridized carbons (Fsp3) is 0.105. The number of nitrogens with one attached hydrogen (secondary N) is 1. The minimum atomic E-state index is -0.977. The summed E-state index contributed by atoms with van der Waals surface area (Å²) in [5.74, 6) is 1.38. The number of aromatic nitrogens is 2. The molecule has 0 spiro atoms. The zero-order chi connectivity index (χ0) is 18.3. The molecule has 6 nitrogen and oxygen atoms in total. The third-order valence-corrected chi connectivity index (χ3v) is 4.57. The standard InChI is InChI=1S/C19H14N2O4S/c1-24-14-4-2-3-12-9-13-17(25-15(12)14)20-16(21-18(13)26)10-5-7-11(8-6-10)19(22)23/h2-8H,9H2,1H3,(H,22,23)(H,20,21,26). The molecule has 2 aromatic carbocycles. The number of hydrogen-bond acceptors (Lipinski definition) is 5. The number of aromatic amines is 1. The summed E-state index contributed by atoms with van der Waals surface area (Å²) in [6.45, 7) is 0. The van der Waals surface area contributed by atoms with Gasteiger partial charge in [-0.1, -0.05) is 36.5 Å². The molecular formula is C19H14N2O4S. The van der Waals surface area contributed by atoms with Crippen LogP contribution >= 0.6 is 12.2 Å². The molecule has 7 heteroatoms. The Labute approximate surface area is 154 Å². The Hall–Kier alpha value is -3.19. The lowest BCUT2D eigenvalue weighted by Crippen LogP contribution is -2.09. The maximum atomic E-state index is 11.0. The molecule has 4 rings (SSSR count). The van der Waals surface area contributed by atoms with E-state index in [0.717, 1.165) is 16.7 Å². The lowest BCUT2D eigenvalue weighted by Gasteiger charge is -2.22. The average molecular weight is 366 g/mol. The van der Waals surface area contributed by atoms with Gasteiger partial charge in [0.1, 0.15) is 10.5 Å². The highest BCUT2D eigenvalue weighted by molar-refractivity contribution is 7.71. The van der Waals surface area contributed by atoms with Crippen molar-refractivity contribution in [3.05, 3.63) is 63.8 Å². The van der Waals surface area contributed by atoms with Crippen molar-refractivity contribution < 1.29 is 19.4 Å². The molecule has 2 N–H and O–H groups in total. The van der Waals surface area contributed by atoms with Gasteiger partial charge in [0.25, 0.3) is 0 Å². The topological polar surface area (TPSA) is 84.4 Å². The van der Waals surface area contributed by atoms with Gasteiger partial charge < -0.3 is 19.6 Å². The highest BCUT2D eigenvalue weighted by atomic mass is 32.1. The Bertz CT molecular complexity index is 1070. The van der Waals surface area contributed by atoms with Crippen molar-refractivity contribution in [3.63, 3.8) is 0 Å². The first kappa shape index (κ1) is 16.3. The number of para-hydroxylation sites is 1. The molecule has 1 aliphatic heterocycles. The van der Waals surface area contributed by atoms with Crippen LogP contribution in [-0.2, 0) is 6.42 Å². The van der Waals surface area contributed by atoms with Crippen LogP contribution in [0.1, 0.15) is 21.5 Å². The molecule has 26 heavy (non-hydrogen) atoms. The summed E-state index contributed by atoms with van der Waals surface area (Å²) in [4.78, 5) is 18.6. The highest BCUT2D eigenvalue weighted by Gasteiger charge is 2.23. The van der Waals surface area contributed by atoms with E-state index in [-0.39, 0.29) is 5.56 Å². The number of rotatable bonds is 3. The Morgan fingerprint density at radius 2 is 2.04 bits per heavy atom. The smallest absolute Gasteiger partial charge is 0.335 e. The zero-order valence-electron chi connectivity index (χ0n) is 13.8. The summed E-state index contributed by atoms with van der Waals surface area (Å²) in [5, 5.41) is 9.02. The summed E-state index contributed by atoms with van der Waals surface area (Å²) >= 11 is 5.45. The van der Waals surface area contributed by atoms with Gasteiger partial charge in [-0.15, -0.1) is 0 Å². The molecule has 0 saturated heterocycles. The van der Waals surface area contributed by atoms with E-state index in [1.165, 1.54) is 12.1 Å². The van der Waals surface area contributed by atoms with Crippen molar-refractivity contribution in [1.82, 2.24) is 9.97 Å². The first-order valence-corrected chi connectivity index (χ1v) is 8.28. The van der Waals surface area contributed by atoms with Crippen LogP contribution in [0.4, 0.5) is 0 Å². The van der Waals surface area contributed by atoms with Crippen LogP contribution < -0.4 is 9.47 Å². The first-order valence-electron chi connectivity index (χ1n) is 7.87. The third kappa shape index (κ3) is 2.72. The molecule has 0 atom stereocenters. The lowest BCUT2D eigenvalue weighted by molar-refractivity contribution is 0.0697. The van der Waals surface area contributed by atoms with Gasteiger partial charge in [0.2, 0.25) is 5.88 Å². The zero-order valence-corrected chi connectivity index (χ0v) is 14.6. The van der Waals surface area contributed by atoms with Crippen LogP contribution in [-0.4, -0.2) is 28.2 Å². The summed E-state index contributed by atoms with van der Waals surface area (Å²) in [7, 11) is 1.60. The van der Waals surface area contributed by atoms with E-state index in [1.54, 1.807) is 19.2 Å². The molecule has 0 bridgehead atoms. The van der Waals surface area contributed by atoms with Gasteiger partial charge in [-0.2, -0.15) is 0 Å². The molecule has 3 aromatic rings. The lowest BCUT2D eigenvalue weighted by atomic mass is 10.0. The van der Waals surface area contributed by atoms with Crippen molar-refractivity contribution >= 4 is 18.2 Å². The summed E-state index contributed by atoms with van der Waals surface area (Å²) in [6.07, 6.45) is 0.600. The van der Waals surface area contributed by atoms with Crippen molar-refractivity contribution in [3.8, 4) is 28.8 Å². The maximum Gasteiger partial charge on any atom is 0.335 e. The van der Waals surface area contributed by atoms with Crippen LogP contribution in [0.5, 0.6) is 17.4 Å². The molecule has 0 fully saturated rings. The van der Waals surface area contributed by atoms with E-state index in [2.05, 4.69) is 9.97 Å². The molecule has 0 aliphatic carbocycles. The number of methoxy groups -OCH3 is 1. The second kappa shape index (κ2) is 6.27. The Morgan fingerprint density at radius 1 is 1.27 bits per heavy atom. The summed E-state index contributed by atoms with van der Waals surface area (Å²) < 4.78 is 11.8. The fourth-order valence-electron chi connectivity index (χ4n) is 2.90. The van der Waals surface area contributed by atoms with Gasteiger partial charge in [-0.25, -0.2) is 9.78 Å². The minimum Gasteiger partial charge on any atom is -0.493 e. The monoisotopic (exact) mass is 366 g/mol. The molecule has 0 unspecified atom stereocenters. The minimum absolute atomic E-state index is 0.209. The number of carbonyl (C=O) groups is 1. The third-order valence-electron chi connectivity index (χ3n) is 4.23. The molecule has 1 aromatic heterocycles. The van der Waals surface area contributed by atoms with Gasteiger partial charge in [0.05, 0.1) is 18.2 Å². The number of aromatic carboxylic acids is 1. The Morgan fingerprint density at radius 3 is 2.73 bits per heavy atom. The number of carboxylic acid groups (broad SMARTS) is 1. The van der Waals surface area contributed by atoms with E-state index < -0.39 is 5.97 Å². The van der Waals surface area contributed by atoms with E-state index >= 15 is 0 Å². The van der Waals surface area contributed by atoms with Crippen LogP contribution in [0, 0.1) is 4.64 Å². The normalized spacial score (nSPS) is 11.9. The second-order valence-electron chi connectivity index (χ2n) is 5.81. The number of nitrogens with zero attached hydrogens (tertiary/aromatic N) is 1. The number of H-pyrrole nitrogens is 1. The van der Waals surface area contributed by atoms with Gasteiger partial charge in [0.15, 0.2) is 11.5 Å². The van der Waals surface area contributed by atoms with Gasteiger partial charge in [-0.3, -0.25) is 0 Å². The summed E-state index contributed by atoms with van der Waals surface area (Å²) in [5.41, 5.74) is 2.72. The van der Waals surface area contributed by atoms with Crippen molar-refractivity contribution in [2.45, 2.75) is 6.42 Å². The number of hydrogen-bond donors (Lipinski definition) is 2. The average Bonchev–Trinajstić information content (AvgIpc) is 2.66. The van der Waals surface area contributed by atoms with Crippen molar-refractivity contribution in [1.29, 1.82) is 0 Å². The Balaban J connectivity index is 1.77. The van der Waals surface area contributed by atoms with Gasteiger partial charge >= 0.3 is 5.97 Å². The predicted octanol–water partition coefficient (Wildman–Crippen LogP) is 4.21. The number of ether oxygens (including phenoxy) is 2. The molecule has 0 amide bonds. The van der Waals surface area contributed by atoms with E-state index in [0.29, 0.717) is 34.3 Å². The maximum absolute atomic E-state index is 11.0. The molecular weight excluding hydrogens is 352 g/mol. The van der Waals surface area contributed by atoms with Crippen LogP contribution in [0.25, 0.3) is 11.4 Å². The fourth-order valence-corrected chi connectivity index (χ4v) is 3.15.